The first-order valence-corrected chi connectivity index (χ1v) is 3.75. The molecule has 0 atom stereocenters. The second-order valence-corrected chi connectivity index (χ2v) is 2.65. The summed E-state index contributed by atoms with van der Waals surface area (Å²) in [6, 6.07) is 0. The van der Waals surface area contributed by atoms with Crippen molar-refractivity contribution in [2.24, 2.45) is 5.73 Å². The molecule has 0 heterocycles. The molecule has 0 saturated carbocycles. The van der Waals surface area contributed by atoms with Gasteiger partial charge in [-0.2, -0.15) is 0 Å². The van der Waals surface area contributed by atoms with Crippen molar-refractivity contribution in [3.05, 3.63) is 0 Å². The number of hydrogen-bond donors (Lipinski definition) is 4. The highest BCUT2D eigenvalue weighted by atomic mass is 32.1. The standard InChI is InChI=1S/C4H8N2O3.C2H4OS/c5-3(7)1-2-4(8)6-9;1-2(3)4/h9H,1-2H2,(H2,5,7)(H,6,8);1H3,(H,3,4). The van der Waals surface area contributed by atoms with Gasteiger partial charge in [0.25, 0.3) is 0 Å². The Morgan fingerprint density at radius 3 is 2.00 bits per heavy atom. The molecule has 6 nitrogen and oxygen atoms in total. The second-order valence-electron chi connectivity index (χ2n) is 2.02. The van der Waals surface area contributed by atoms with E-state index in [1.54, 1.807) is 0 Å². The molecule has 0 fully saturated rings. The highest BCUT2D eigenvalue weighted by Crippen LogP contribution is 1.84. The first-order valence-electron chi connectivity index (χ1n) is 3.31. The van der Waals surface area contributed by atoms with Gasteiger partial charge in [0.05, 0.1) is 0 Å². The molecular formula is C6H12N2O4S. The van der Waals surface area contributed by atoms with Crippen molar-refractivity contribution >= 4 is 29.6 Å². The Hall–Kier alpha value is -1.08. The summed E-state index contributed by atoms with van der Waals surface area (Å²) >= 11 is 3.33. The Balaban J connectivity index is 0. The van der Waals surface area contributed by atoms with Gasteiger partial charge in [-0.05, 0) is 0 Å². The molecule has 0 aromatic heterocycles. The van der Waals surface area contributed by atoms with Crippen LogP contribution in [0, 0.1) is 0 Å². The zero-order chi connectivity index (χ0) is 10.9. The Morgan fingerprint density at radius 1 is 1.38 bits per heavy atom. The van der Waals surface area contributed by atoms with E-state index in [4.69, 9.17) is 10.9 Å². The van der Waals surface area contributed by atoms with E-state index in [-0.39, 0.29) is 18.0 Å². The number of nitrogens with two attached hydrogens (primary N) is 1. The molecule has 0 aliphatic carbocycles. The van der Waals surface area contributed by atoms with Gasteiger partial charge in [-0.3, -0.25) is 19.6 Å². The van der Waals surface area contributed by atoms with Crippen LogP contribution in [0.2, 0.25) is 0 Å². The molecule has 76 valence electrons. The largest absolute Gasteiger partial charge is 0.370 e. The van der Waals surface area contributed by atoms with Crippen LogP contribution in [-0.2, 0) is 14.4 Å². The van der Waals surface area contributed by atoms with E-state index in [1.807, 2.05) is 0 Å². The van der Waals surface area contributed by atoms with Crippen LogP contribution in [0.5, 0.6) is 0 Å². The third kappa shape index (κ3) is 24.8. The van der Waals surface area contributed by atoms with E-state index in [2.05, 4.69) is 12.6 Å². The van der Waals surface area contributed by atoms with Crippen LogP contribution >= 0.6 is 12.6 Å². The lowest BCUT2D eigenvalue weighted by Gasteiger charge is -1.92. The van der Waals surface area contributed by atoms with Crippen molar-refractivity contribution in [2.75, 3.05) is 0 Å². The minimum atomic E-state index is -0.603. The Kier molecular flexibility index (Phi) is 10.0. The first-order chi connectivity index (χ1) is 5.90. The van der Waals surface area contributed by atoms with Gasteiger partial charge in [0.2, 0.25) is 11.8 Å². The molecule has 2 amide bonds. The Bertz CT molecular complexity index is 191. The summed E-state index contributed by atoms with van der Waals surface area (Å²) in [6.45, 7) is 1.39. The number of hydrogen-bond acceptors (Lipinski definition) is 4. The van der Waals surface area contributed by atoms with Gasteiger partial charge in [0.1, 0.15) is 0 Å². The third-order valence-electron chi connectivity index (χ3n) is 0.723. The molecular weight excluding hydrogens is 196 g/mol. The molecule has 0 spiro atoms. The lowest BCUT2D eigenvalue weighted by atomic mass is 10.3. The molecule has 0 aromatic rings. The van der Waals surface area contributed by atoms with Gasteiger partial charge in [-0.15, -0.1) is 12.6 Å². The van der Waals surface area contributed by atoms with E-state index >= 15 is 0 Å². The van der Waals surface area contributed by atoms with Crippen molar-refractivity contribution in [3.63, 3.8) is 0 Å². The highest BCUT2D eigenvalue weighted by molar-refractivity contribution is 7.96. The van der Waals surface area contributed by atoms with Gasteiger partial charge in [-0.1, -0.05) is 0 Å². The van der Waals surface area contributed by atoms with E-state index in [1.165, 1.54) is 12.4 Å². The molecule has 0 aliphatic rings. The number of thiol groups is 1. The van der Waals surface area contributed by atoms with Gasteiger partial charge in [0, 0.05) is 19.8 Å². The monoisotopic (exact) mass is 208 g/mol. The summed E-state index contributed by atoms with van der Waals surface area (Å²) in [5, 5.41) is 7.76. The topological polar surface area (TPSA) is 109 Å². The number of nitrogens with one attached hydrogen (secondary N) is 1. The van der Waals surface area contributed by atoms with Crippen molar-refractivity contribution in [1.82, 2.24) is 5.48 Å². The SMILES string of the molecule is CC(=O)S.NC(=O)CCC(=O)NO. The second kappa shape index (κ2) is 9.01. The van der Waals surface area contributed by atoms with Crippen LogP contribution < -0.4 is 11.2 Å². The summed E-state index contributed by atoms with van der Waals surface area (Å²) in [7, 11) is 0. The van der Waals surface area contributed by atoms with Crippen LogP contribution in [0.4, 0.5) is 0 Å². The maximum Gasteiger partial charge on any atom is 0.243 e. The van der Waals surface area contributed by atoms with Gasteiger partial charge in [-0.25, -0.2) is 5.48 Å². The van der Waals surface area contributed by atoms with E-state index in [0.717, 1.165) is 0 Å². The third-order valence-corrected chi connectivity index (χ3v) is 0.723. The van der Waals surface area contributed by atoms with Crippen LogP contribution in [0.15, 0.2) is 0 Å². The molecule has 0 saturated heterocycles. The molecule has 4 N–H and O–H groups in total. The molecule has 0 bridgehead atoms. The Labute approximate surface area is 80.8 Å². The number of carbonyl (C=O) groups excluding carboxylic acids is 3. The zero-order valence-corrected chi connectivity index (χ0v) is 8.01. The fourth-order valence-corrected chi connectivity index (χ4v) is 0.293. The van der Waals surface area contributed by atoms with Crippen LogP contribution in [-0.4, -0.2) is 22.1 Å². The molecule has 13 heavy (non-hydrogen) atoms. The summed E-state index contributed by atoms with van der Waals surface area (Å²) in [5.41, 5.74) is 6.07. The maximum absolute atomic E-state index is 10.1. The predicted octanol–water partition coefficient (Wildman–Crippen LogP) is -0.780. The quantitative estimate of drug-likeness (QED) is 0.277. The van der Waals surface area contributed by atoms with Crippen LogP contribution in [0.25, 0.3) is 0 Å². The zero-order valence-electron chi connectivity index (χ0n) is 7.11. The van der Waals surface area contributed by atoms with Gasteiger partial charge < -0.3 is 5.73 Å². The summed E-state index contributed by atoms with van der Waals surface area (Å²) < 4.78 is 0. The minimum Gasteiger partial charge on any atom is -0.370 e. The van der Waals surface area contributed by atoms with Crippen LogP contribution in [0.3, 0.4) is 0 Å². The fraction of sp³-hybridized carbons (Fsp3) is 0.500. The number of rotatable bonds is 3. The number of amides is 2. The average molecular weight is 208 g/mol. The van der Waals surface area contributed by atoms with E-state index in [9.17, 15) is 14.4 Å². The average Bonchev–Trinajstić information content (AvgIpc) is 1.99. The highest BCUT2D eigenvalue weighted by Gasteiger charge is 2.00. The van der Waals surface area contributed by atoms with Crippen molar-refractivity contribution in [2.45, 2.75) is 19.8 Å². The van der Waals surface area contributed by atoms with Crippen molar-refractivity contribution < 1.29 is 19.6 Å². The van der Waals surface area contributed by atoms with Crippen molar-refractivity contribution in [1.29, 1.82) is 0 Å². The van der Waals surface area contributed by atoms with Gasteiger partial charge >= 0.3 is 0 Å². The molecule has 0 rings (SSSR count). The molecule has 0 unspecified atom stereocenters. The summed E-state index contributed by atoms with van der Waals surface area (Å²) in [4.78, 5) is 29.4. The smallest absolute Gasteiger partial charge is 0.243 e. The van der Waals surface area contributed by atoms with E-state index < -0.39 is 11.8 Å². The van der Waals surface area contributed by atoms with Gasteiger partial charge in [0.15, 0.2) is 5.12 Å². The predicted molar refractivity (Wildman–Crippen MR) is 48.0 cm³/mol. The summed E-state index contributed by atoms with van der Waals surface area (Å²) in [6.07, 6.45) is -0.0990. The Morgan fingerprint density at radius 2 is 1.77 bits per heavy atom. The normalized spacial score (nSPS) is 7.92. The first kappa shape index (κ1) is 14.4. The molecule has 0 radical (unpaired) electrons. The lowest BCUT2D eigenvalue weighted by molar-refractivity contribution is -0.131. The minimum absolute atomic E-state index is 0.0353. The number of carbonyl (C=O) groups is 3. The molecule has 0 aliphatic heterocycles. The summed E-state index contributed by atoms with van der Waals surface area (Å²) in [5.74, 6) is -1.16. The number of primary amides is 1. The maximum atomic E-state index is 10.1. The van der Waals surface area contributed by atoms with Crippen LogP contribution in [0.1, 0.15) is 19.8 Å². The number of hydroxylamine groups is 1. The fourth-order valence-electron chi connectivity index (χ4n) is 0.293. The van der Waals surface area contributed by atoms with Crippen molar-refractivity contribution in [3.8, 4) is 0 Å². The molecule has 7 heteroatoms. The lowest BCUT2D eigenvalue weighted by Crippen LogP contribution is -2.21. The van der Waals surface area contributed by atoms with E-state index in [0.29, 0.717) is 0 Å². The molecule has 0 aromatic carbocycles.